The lowest BCUT2D eigenvalue weighted by Crippen LogP contribution is -2.61. The molecule has 2 heterocycles. The molecular weight excluding hydrogens is 1700 g/mol. The Labute approximate surface area is 754 Å². The molecule has 0 aromatic carbocycles. The van der Waals surface area contributed by atoms with Crippen molar-refractivity contribution in [1.82, 2.24) is 100 Å². The SMILES string of the molecule is N=C(N)NCCC[C@H](NC(=O)CN)C(=O)N[C@@H](CCCCN)C(=O)N[C@@H](CCCCN)C(=O)N[C@@H](CCCCN)C(=O)N[C@@H](CCCNC(=N)N)C(=O)N[C@@H](CCCNC(=N)N)C(=O)N[C@@H](CCC(N)=O)C(=O)N[C@@H](CCCNC(=N)N)C(=O)N[C@@H](CCCNC(=N)N)C(=O)N[C@@H](CCCNC(=N)N)C(=O)N1CCC[C@H]1C(=O)N1CCC[C@H]1C(=O)N[C@@H](CCC(N)=O)C(=O)O. The molecule has 0 saturated carbocycles. The maximum absolute atomic E-state index is 15.0. The van der Waals surface area contributed by atoms with Crippen molar-refractivity contribution in [3.8, 4) is 0 Å². The molecule has 0 aromatic heterocycles. The molecule has 734 valence electrons. The molecule has 13 atom stereocenters. The topological polar surface area (TPSA) is 960 Å². The number of carbonyl (C=O) groups is 16. The van der Waals surface area contributed by atoms with Crippen LogP contribution in [0.4, 0.5) is 0 Å². The van der Waals surface area contributed by atoms with E-state index in [1.54, 1.807) is 0 Å². The third-order valence-corrected chi connectivity index (χ3v) is 20.9. The Hall–Kier alpha value is -13.0. The first kappa shape index (κ1) is 113. The van der Waals surface area contributed by atoms with Gasteiger partial charge in [0.2, 0.25) is 88.6 Å². The van der Waals surface area contributed by atoms with Gasteiger partial charge in [-0.15, -0.1) is 0 Å². The molecule has 0 spiro atoms. The van der Waals surface area contributed by atoms with E-state index in [1.165, 1.54) is 9.80 Å². The summed E-state index contributed by atoms with van der Waals surface area (Å²) in [4.78, 5) is 228. The predicted molar refractivity (Wildman–Crippen MR) is 478 cm³/mol. The third kappa shape index (κ3) is 46.1. The van der Waals surface area contributed by atoms with E-state index in [-0.39, 0.29) is 219 Å². The van der Waals surface area contributed by atoms with Crippen LogP contribution in [0.25, 0.3) is 0 Å². The van der Waals surface area contributed by atoms with Gasteiger partial charge in [0.1, 0.15) is 78.5 Å². The number of rotatable bonds is 67. The molecule has 48 N–H and O–H groups in total. The maximum atomic E-state index is 15.0. The number of hydrogen-bond donors (Lipinski definition) is 36. The smallest absolute Gasteiger partial charge is 0.326 e. The van der Waals surface area contributed by atoms with E-state index < -0.39 is 222 Å². The first-order valence-electron chi connectivity index (χ1n) is 43.7. The van der Waals surface area contributed by atoms with Crippen LogP contribution in [-0.4, -0.2) is 302 Å². The number of nitrogens with two attached hydrogens (primary N) is 12. The van der Waals surface area contributed by atoms with Gasteiger partial charge in [0, 0.05) is 65.2 Å². The minimum atomic E-state index is -1.81. The summed E-state index contributed by atoms with van der Waals surface area (Å²) in [5.74, 6) is -17.6. The number of hydrogen-bond acceptors (Lipinski definition) is 26. The van der Waals surface area contributed by atoms with Crippen molar-refractivity contribution < 1.29 is 81.8 Å². The minimum absolute atomic E-state index is 0.000508. The Kier molecular flexibility index (Phi) is 54.8. The number of carbonyl (C=O) groups excluding carboxylic acids is 15. The highest BCUT2D eigenvalue weighted by atomic mass is 16.4. The van der Waals surface area contributed by atoms with Gasteiger partial charge in [-0.25, -0.2) is 4.79 Å². The zero-order valence-electron chi connectivity index (χ0n) is 73.8. The summed E-state index contributed by atoms with van der Waals surface area (Å²) in [7, 11) is 0. The molecule has 15 amide bonds. The Balaban J connectivity index is 2.77. The Bertz CT molecular complexity index is 3790. The van der Waals surface area contributed by atoms with Crippen LogP contribution in [-0.2, 0) is 76.7 Å². The summed E-state index contributed by atoms with van der Waals surface area (Å²) in [6.45, 7) is -0.0413. The first-order valence-corrected chi connectivity index (χ1v) is 43.7. The molecule has 0 unspecified atom stereocenters. The molecule has 54 heteroatoms. The number of unbranched alkanes of at least 4 members (excludes halogenated alkanes) is 3. The third-order valence-electron chi connectivity index (χ3n) is 20.9. The van der Waals surface area contributed by atoms with E-state index >= 15 is 19.2 Å². The number of nitrogens with one attached hydrogen (secondary N) is 23. The Morgan fingerprint density at radius 1 is 0.292 bits per heavy atom. The van der Waals surface area contributed by atoms with Crippen molar-refractivity contribution in [3.05, 3.63) is 0 Å². The molecule has 0 bridgehead atoms. The maximum Gasteiger partial charge on any atom is 0.326 e. The van der Waals surface area contributed by atoms with Crippen molar-refractivity contribution in [2.75, 3.05) is 78.5 Å². The van der Waals surface area contributed by atoms with Crippen LogP contribution < -0.4 is 159 Å². The van der Waals surface area contributed by atoms with Gasteiger partial charge in [-0.1, -0.05) is 0 Å². The van der Waals surface area contributed by atoms with Crippen LogP contribution in [0.2, 0.25) is 0 Å². The molecule has 0 aromatic rings. The lowest BCUT2D eigenvalue weighted by molar-refractivity contribution is -0.149. The van der Waals surface area contributed by atoms with E-state index in [9.17, 15) is 62.6 Å². The van der Waals surface area contributed by atoms with E-state index in [1.807, 2.05) is 0 Å². The van der Waals surface area contributed by atoms with Crippen LogP contribution in [0.5, 0.6) is 0 Å². The van der Waals surface area contributed by atoms with Gasteiger partial charge >= 0.3 is 5.97 Å². The fourth-order valence-electron chi connectivity index (χ4n) is 14.1. The number of amides is 15. The normalized spacial score (nSPS) is 15.8. The molecule has 2 aliphatic heterocycles. The van der Waals surface area contributed by atoms with Gasteiger partial charge in [-0.05, 0) is 193 Å². The summed E-state index contributed by atoms with van der Waals surface area (Å²) in [6, 6.07) is -19.2. The molecule has 2 aliphatic rings. The zero-order chi connectivity index (χ0) is 97.4. The number of guanidine groups is 6. The van der Waals surface area contributed by atoms with E-state index in [0.717, 1.165) is 0 Å². The molecule has 0 aliphatic carbocycles. The van der Waals surface area contributed by atoms with Crippen LogP contribution >= 0.6 is 0 Å². The van der Waals surface area contributed by atoms with E-state index in [2.05, 4.69) is 90.4 Å². The first-order chi connectivity index (χ1) is 61.7. The van der Waals surface area contributed by atoms with Crippen molar-refractivity contribution >= 4 is 130 Å². The number of aliphatic carboxylic acids is 1. The minimum Gasteiger partial charge on any atom is -0.480 e. The van der Waals surface area contributed by atoms with Gasteiger partial charge in [0.25, 0.3) is 0 Å². The van der Waals surface area contributed by atoms with Crippen LogP contribution in [0.3, 0.4) is 0 Å². The molecule has 0 radical (unpaired) electrons. The fourth-order valence-corrected chi connectivity index (χ4v) is 14.1. The number of likely N-dealkylation sites (tertiary alicyclic amines) is 2. The largest absolute Gasteiger partial charge is 0.480 e. The lowest BCUT2D eigenvalue weighted by Gasteiger charge is -2.33. The second-order valence-corrected chi connectivity index (χ2v) is 31.4. The monoisotopic (exact) mass is 1850 g/mol. The van der Waals surface area contributed by atoms with E-state index in [4.69, 9.17) is 101 Å². The van der Waals surface area contributed by atoms with Crippen LogP contribution in [0.1, 0.15) is 186 Å². The average molecular weight is 1850 g/mol. The second kappa shape index (κ2) is 63.0. The van der Waals surface area contributed by atoms with E-state index in [0.29, 0.717) is 32.1 Å². The van der Waals surface area contributed by atoms with Gasteiger partial charge in [-0.3, -0.25) is 104 Å². The average Bonchev–Trinajstić information content (AvgIpc) is 1.64. The summed E-state index contributed by atoms with van der Waals surface area (Å²) < 4.78 is 0. The highest BCUT2D eigenvalue weighted by molar-refractivity contribution is 6.01. The van der Waals surface area contributed by atoms with Gasteiger partial charge in [-0.2, -0.15) is 0 Å². The predicted octanol–water partition coefficient (Wildman–Crippen LogP) is -12.2. The molecule has 2 rings (SSSR count). The summed E-state index contributed by atoms with van der Waals surface area (Å²) >= 11 is 0. The highest BCUT2D eigenvalue weighted by Gasteiger charge is 2.45. The second-order valence-electron chi connectivity index (χ2n) is 31.4. The molecule has 130 heavy (non-hydrogen) atoms. The van der Waals surface area contributed by atoms with Crippen molar-refractivity contribution in [1.29, 1.82) is 32.5 Å². The number of primary amides is 2. The summed E-state index contributed by atoms with van der Waals surface area (Å²) in [5.41, 5.74) is 67.3. The zero-order valence-corrected chi connectivity index (χ0v) is 73.8. The van der Waals surface area contributed by atoms with Crippen LogP contribution in [0.15, 0.2) is 0 Å². The lowest BCUT2D eigenvalue weighted by atomic mass is 10.0. The standard InChI is InChI=1S/C76H143N37O17/c77-30-4-1-15-43(102-58(117)42(101-57(116)41-80)18-7-33-95-71(83)84)59(118)103-44(16-2-5-31-78)60(119)104-45(17-3-6-32-79)61(120)105-46(19-8-34-96-72(85)86)62(121)106-48(21-10-36-98-74(89)90)64(123)109-50(26-28-55(81)114)66(125)108-47(20-9-35-97-73(87)88)63(122)107-49(22-11-37-99-75(91)92)65(124)110-51(23-12-38-100-76(93)94)68(127)113-40-14-25-54(113)69(128)112-39-13-24-53(112)67(126)111-52(70(129)130)27-29-56(82)115/h42-54H,1-41,77-80H2,(H2,81,114)(H2,82,115)(H,101,116)(H,102,117)(H,103,118)(H,104,119)(H,105,120)(H,106,121)(H,107,122)(H,108,125)(H,109,123)(H,110,124)(H,111,126)(H,129,130)(H4,83,84,95)(H4,85,86,96)(H4,87,88,97)(H4,89,90,98)(H4,91,92,99)(H4,93,94,100)/t42-,43-,44-,45-,46-,47-,48-,49-,50-,51-,52-,53-,54-/m0/s1. The summed E-state index contributed by atoms with van der Waals surface area (Å²) in [6.07, 6.45) is -0.465. The highest BCUT2D eigenvalue weighted by Crippen LogP contribution is 2.27. The molecule has 54 nitrogen and oxygen atoms in total. The van der Waals surface area contributed by atoms with Gasteiger partial charge in [0.05, 0.1) is 6.54 Å². The molecule has 2 fully saturated rings. The number of carboxylic acid groups (broad SMARTS) is 1. The number of nitrogens with zero attached hydrogens (tertiary/aromatic N) is 2. The molecule has 2 saturated heterocycles. The fraction of sp³-hybridized carbons (Fsp3) is 0.711. The summed E-state index contributed by atoms with van der Waals surface area (Å²) in [5, 5.41) is 100. The van der Waals surface area contributed by atoms with Crippen LogP contribution in [0, 0.1) is 32.5 Å². The van der Waals surface area contributed by atoms with Gasteiger partial charge in [0.15, 0.2) is 35.8 Å². The van der Waals surface area contributed by atoms with Gasteiger partial charge < -0.3 is 174 Å². The van der Waals surface area contributed by atoms with Crippen molar-refractivity contribution in [3.63, 3.8) is 0 Å². The number of carboxylic acids is 1. The Morgan fingerprint density at radius 2 is 0.531 bits per heavy atom. The molecular formula is C76H143N37O17. The van der Waals surface area contributed by atoms with Crippen molar-refractivity contribution in [2.24, 2.45) is 68.8 Å². The van der Waals surface area contributed by atoms with Crippen molar-refractivity contribution in [2.45, 2.75) is 265 Å². The quantitative estimate of drug-likeness (QED) is 0.0153. The Morgan fingerprint density at radius 3 is 0.792 bits per heavy atom.